The Morgan fingerprint density at radius 2 is 2.00 bits per heavy atom. The lowest BCUT2D eigenvalue weighted by molar-refractivity contribution is -0.127. The smallest absolute Gasteiger partial charge is 0.230 e. The molecule has 0 bridgehead atoms. The third-order valence-electron chi connectivity index (χ3n) is 4.24. The molecule has 1 saturated heterocycles. The van der Waals surface area contributed by atoms with Crippen LogP contribution in [-0.2, 0) is 4.79 Å². The molecule has 1 heterocycles. The molecule has 1 amide bonds. The number of rotatable bonds is 3. The highest BCUT2D eigenvalue weighted by Gasteiger charge is 2.38. The van der Waals surface area contributed by atoms with Crippen molar-refractivity contribution in [3.63, 3.8) is 0 Å². The lowest BCUT2D eigenvalue weighted by atomic mass is 9.76. The van der Waals surface area contributed by atoms with Crippen LogP contribution in [0, 0.1) is 12.3 Å². The molecule has 0 aromatic heterocycles. The average Bonchev–Trinajstić information content (AvgIpc) is 2.48. The summed E-state index contributed by atoms with van der Waals surface area (Å²) < 4.78 is 0. The fourth-order valence-corrected chi connectivity index (χ4v) is 3.13. The van der Waals surface area contributed by atoms with Gasteiger partial charge in [-0.1, -0.05) is 36.2 Å². The fourth-order valence-electron chi connectivity index (χ4n) is 2.66. The van der Waals surface area contributed by atoms with Crippen molar-refractivity contribution in [2.45, 2.75) is 33.1 Å². The molecule has 1 aliphatic rings. The molecular weight excluding hydrogens is 295 g/mol. The number of carbonyl (C=O) groups excluding carboxylic acids is 1. The van der Waals surface area contributed by atoms with Crippen LogP contribution < -0.4 is 10.6 Å². The third kappa shape index (κ3) is 2.95. The van der Waals surface area contributed by atoms with E-state index < -0.39 is 0 Å². The Bertz CT molecular complexity index is 511. The predicted molar refractivity (Wildman–Crippen MR) is 84.7 cm³/mol. The molecule has 1 aromatic carbocycles. The van der Waals surface area contributed by atoms with Crippen LogP contribution >= 0.6 is 23.2 Å². The van der Waals surface area contributed by atoms with E-state index in [-0.39, 0.29) is 11.3 Å². The normalized spacial score (nSPS) is 17.8. The van der Waals surface area contributed by atoms with E-state index in [0.717, 1.165) is 37.9 Å². The minimum atomic E-state index is -0.318. The molecule has 1 aromatic rings. The quantitative estimate of drug-likeness (QED) is 0.884. The second-order valence-corrected chi connectivity index (χ2v) is 6.18. The zero-order chi connectivity index (χ0) is 14.8. The molecule has 3 nitrogen and oxygen atoms in total. The van der Waals surface area contributed by atoms with Gasteiger partial charge in [-0.05, 0) is 50.9 Å². The lowest BCUT2D eigenvalue weighted by Gasteiger charge is -2.35. The Labute approximate surface area is 130 Å². The lowest BCUT2D eigenvalue weighted by Crippen LogP contribution is -2.44. The zero-order valence-corrected chi connectivity index (χ0v) is 13.4. The van der Waals surface area contributed by atoms with Crippen LogP contribution in [0.4, 0.5) is 5.69 Å². The SMILES string of the molecule is CCC1(C(=O)Nc2c(Cl)ccc(C)c2Cl)CCNCC1. The Kier molecular flexibility index (Phi) is 4.95. The molecule has 5 heteroatoms. The number of nitrogens with one attached hydrogen (secondary N) is 2. The standard InChI is InChI=1S/C15H20Cl2N2O/c1-3-15(6-8-18-9-7-15)14(20)19-13-11(16)5-4-10(2)12(13)17/h4-5,18H,3,6-9H2,1-2H3,(H,19,20). The Hall–Kier alpha value is -0.770. The summed E-state index contributed by atoms with van der Waals surface area (Å²) in [7, 11) is 0. The number of hydrogen-bond donors (Lipinski definition) is 2. The second kappa shape index (κ2) is 6.33. The van der Waals surface area contributed by atoms with Gasteiger partial charge in [-0.3, -0.25) is 4.79 Å². The van der Waals surface area contributed by atoms with Crippen LogP contribution in [0.3, 0.4) is 0 Å². The van der Waals surface area contributed by atoms with Crippen molar-refractivity contribution < 1.29 is 4.79 Å². The van der Waals surface area contributed by atoms with Crippen molar-refractivity contribution in [3.8, 4) is 0 Å². The summed E-state index contributed by atoms with van der Waals surface area (Å²) in [5.41, 5.74) is 1.12. The molecule has 2 N–H and O–H groups in total. The Morgan fingerprint density at radius 3 is 2.60 bits per heavy atom. The summed E-state index contributed by atoms with van der Waals surface area (Å²) in [5, 5.41) is 7.24. The summed E-state index contributed by atoms with van der Waals surface area (Å²) in [6, 6.07) is 3.61. The third-order valence-corrected chi connectivity index (χ3v) is 5.04. The van der Waals surface area contributed by atoms with E-state index in [2.05, 4.69) is 17.6 Å². The Balaban J connectivity index is 2.25. The predicted octanol–water partition coefficient (Wildman–Crippen LogP) is 4.02. The van der Waals surface area contributed by atoms with Gasteiger partial charge in [0.15, 0.2) is 0 Å². The van der Waals surface area contributed by atoms with Gasteiger partial charge in [0.05, 0.1) is 21.1 Å². The first-order valence-electron chi connectivity index (χ1n) is 6.97. The molecule has 0 aliphatic carbocycles. The van der Waals surface area contributed by atoms with Crippen molar-refractivity contribution in [2.24, 2.45) is 5.41 Å². The first-order chi connectivity index (χ1) is 9.50. The number of carbonyl (C=O) groups is 1. The zero-order valence-electron chi connectivity index (χ0n) is 11.9. The first-order valence-corrected chi connectivity index (χ1v) is 7.72. The topological polar surface area (TPSA) is 41.1 Å². The van der Waals surface area contributed by atoms with Gasteiger partial charge >= 0.3 is 0 Å². The van der Waals surface area contributed by atoms with E-state index in [1.54, 1.807) is 6.07 Å². The maximum atomic E-state index is 12.7. The summed E-state index contributed by atoms with van der Waals surface area (Å²) >= 11 is 12.4. The molecular formula is C15H20Cl2N2O. The molecule has 0 radical (unpaired) electrons. The molecule has 1 aliphatic heterocycles. The van der Waals surface area contributed by atoms with Crippen LogP contribution in [0.5, 0.6) is 0 Å². The largest absolute Gasteiger partial charge is 0.323 e. The molecule has 2 rings (SSSR count). The van der Waals surface area contributed by atoms with Crippen LogP contribution in [0.15, 0.2) is 12.1 Å². The minimum absolute atomic E-state index is 0.0240. The van der Waals surface area contributed by atoms with Gasteiger partial charge in [-0.25, -0.2) is 0 Å². The highest BCUT2D eigenvalue weighted by Crippen LogP contribution is 2.37. The fraction of sp³-hybridized carbons (Fsp3) is 0.533. The van der Waals surface area contributed by atoms with Gasteiger partial charge in [-0.15, -0.1) is 0 Å². The highest BCUT2D eigenvalue weighted by atomic mass is 35.5. The van der Waals surface area contributed by atoms with Gasteiger partial charge in [0.25, 0.3) is 0 Å². The number of amides is 1. The molecule has 1 fully saturated rings. The van der Waals surface area contributed by atoms with Crippen LogP contribution in [0.25, 0.3) is 0 Å². The number of aryl methyl sites for hydroxylation is 1. The van der Waals surface area contributed by atoms with Crippen molar-refractivity contribution in [1.29, 1.82) is 0 Å². The maximum Gasteiger partial charge on any atom is 0.230 e. The summed E-state index contributed by atoms with van der Waals surface area (Å²) in [6.45, 7) is 5.70. The summed E-state index contributed by atoms with van der Waals surface area (Å²) in [4.78, 5) is 12.7. The monoisotopic (exact) mass is 314 g/mol. The van der Waals surface area contributed by atoms with Crippen LogP contribution in [0.1, 0.15) is 31.7 Å². The molecule has 0 unspecified atom stereocenters. The van der Waals surface area contributed by atoms with E-state index in [4.69, 9.17) is 23.2 Å². The van der Waals surface area contributed by atoms with Crippen molar-refractivity contribution in [1.82, 2.24) is 5.32 Å². The van der Waals surface area contributed by atoms with Gasteiger partial charge in [0, 0.05) is 0 Å². The maximum absolute atomic E-state index is 12.7. The molecule has 20 heavy (non-hydrogen) atoms. The van der Waals surface area contributed by atoms with Gasteiger partial charge in [-0.2, -0.15) is 0 Å². The minimum Gasteiger partial charge on any atom is -0.323 e. The van der Waals surface area contributed by atoms with Crippen molar-refractivity contribution in [2.75, 3.05) is 18.4 Å². The van der Waals surface area contributed by atoms with E-state index in [1.807, 2.05) is 13.0 Å². The van der Waals surface area contributed by atoms with Gasteiger partial charge in [0.2, 0.25) is 5.91 Å². The van der Waals surface area contributed by atoms with Gasteiger partial charge < -0.3 is 10.6 Å². The van der Waals surface area contributed by atoms with Gasteiger partial charge in [0.1, 0.15) is 0 Å². The molecule has 0 saturated carbocycles. The summed E-state index contributed by atoms with van der Waals surface area (Å²) in [6.07, 6.45) is 2.51. The highest BCUT2D eigenvalue weighted by molar-refractivity contribution is 6.40. The summed E-state index contributed by atoms with van der Waals surface area (Å²) in [5.74, 6) is 0.0240. The molecule has 110 valence electrons. The number of halogens is 2. The second-order valence-electron chi connectivity index (χ2n) is 5.39. The van der Waals surface area contributed by atoms with E-state index >= 15 is 0 Å². The van der Waals surface area contributed by atoms with E-state index in [9.17, 15) is 4.79 Å². The first kappa shape index (κ1) is 15.6. The molecule has 0 spiro atoms. The number of anilines is 1. The number of benzene rings is 1. The van der Waals surface area contributed by atoms with E-state index in [1.165, 1.54) is 0 Å². The number of hydrogen-bond acceptors (Lipinski definition) is 2. The van der Waals surface area contributed by atoms with Crippen LogP contribution in [0.2, 0.25) is 10.0 Å². The average molecular weight is 315 g/mol. The van der Waals surface area contributed by atoms with Crippen molar-refractivity contribution >= 4 is 34.8 Å². The van der Waals surface area contributed by atoms with Crippen LogP contribution in [-0.4, -0.2) is 19.0 Å². The number of piperidine rings is 1. The molecule has 0 atom stereocenters. The van der Waals surface area contributed by atoms with E-state index in [0.29, 0.717) is 15.7 Å². The van der Waals surface area contributed by atoms with Crippen molar-refractivity contribution in [3.05, 3.63) is 27.7 Å². The Morgan fingerprint density at radius 1 is 1.35 bits per heavy atom.